The van der Waals surface area contributed by atoms with Crippen molar-refractivity contribution in [1.82, 2.24) is 0 Å². The number of ether oxygens (including phenoxy) is 1. The summed E-state index contributed by atoms with van der Waals surface area (Å²) in [6.45, 7) is 0. The number of carbonyl (C=O) groups excluding carboxylic acids is 1. The van der Waals surface area contributed by atoms with Gasteiger partial charge in [-0.3, -0.25) is 4.79 Å². The fraction of sp³-hybridized carbons (Fsp3) is 0.333. The molecule has 1 unspecified atom stereocenters. The topological polar surface area (TPSA) is 41.9 Å². The van der Waals surface area contributed by atoms with Crippen molar-refractivity contribution in [2.75, 3.05) is 12.1 Å². The van der Waals surface area contributed by atoms with Crippen molar-refractivity contribution in [2.24, 2.45) is 11.0 Å². The summed E-state index contributed by atoms with van der Waals surface area (Å²) in [7, 11) is 1.63. The molecule has 1 aromatic carbocycles. The Balaban J connectivity index is 1.75. The van der Waals surface area contributed by atoms with E-state index in [-0.39, 0.29) is 11.8 Å². The third-order valence-corrected chi connectivity index (χ3v) is 5.53. The van der Waals surface area contributed by atoms with Crippen molar-refractivity contribution < 1.29 is 9.53 Å². The third-order valence-electron chi connectivity index (χ3n) is 4.55. The lowest BCUT2D eigenvalue weighted by Crippen LogP contribution is -2.37. The van der Waals surface area contributed by atoms with Crippen LogP contribution in [0.4, 0.5) is 5.69 Å². The molecule has 0 bridgehead atoms. The van der Waals surface area contributed by atoms with Crippen LogP contribution in [-0.4, -0.2) is 18.7 Å². The number of aryl methyl sites for hydroxylation is 1. The number of rotatable bonds is 2. The molecule has 0 saturated carbocycles. The Labute approximate surface area is 139 Å². The maximum absolute atomic E-state index is 12.6. The number of amides is 1. The molecular weight excluding hydrogens is 308 g/mol. The highest BCUT2D eigenvalue weighted by Crippen LogP contribution is 2.35. The normalized spacial score (nSPS) is 20.4. The van der Waals surface area contributed by atoms with E-state index < -0.39 is 0 Å². The highest BCUT2D eigenvalue weighted by atomic mass is 32.1. The highest BCUT2D eigenvalue weighted by Gasteiger charge is 2.33. The Kier molecular flexibility index (Phi) is 3.65. The Morgan fingerprint density at radius 1 is 1.26 bits per heavy atom. The molecule has 1 atom stereocenters. The van der Waals surface area contributed by atoms with Crippen LogP contribution in [0.2, 0.25) is 0 Å². The average molecular weight is 326 g/mol. The van der Waals surface area contributed by atoms with Crippen LogP contribution >= 0.6 is 11.3 Å². The van der Waals surface area contributed by atoms with Crippen LogP contribution in [-0.2, 0) is 11.2 Å². The van der Waals surface area contributed by atoms with Crippen molar-refractivity contribution in [3.05, 3.63) is 46.2 Å². The van der Waals surface area contributed by atoms with Crippen molar-refractivity contribution in [1.29, 1.82) is 0 Å². The van der Waals surface area contributed by atoms with Gasteiger partial charge in [0.05, 0.1) is 18.5 Å². The van der Waals surface area contributed by atoms with Crippen molar-refractivity contribution >= 4 is 28.6 Å². The lowest BCUT2D eigenvalue weighted by molar-refractivity contribution is -0.119. The lowest BCUT2D eigenvalue weighted by Gasteiger charge is -2.28. The molecule has 0 fully saturated rings. The van der Waals surface area contributed by atoms with Crippen molar-refractivity contribution in [3.8, 4) is 5.75 Å². The van der Waals surface area contributed by atoms with Gasteiger partial charge in [0, 0.05) is 22.8 Å². The zero-order valence-electron chi connectivity index (χ0n) is 13.0. The Morgan fingerprint density at radius 2 is 2.09 bits per heavy atom. The summed E-state index contributed by atoms with van der Waals surface area (Å²) >= 11 is 1.80. The number of methoxy groups -OCH3 is 1. The number of anilines is 1. The maximum Gasteiger partial charge on any atom is 0.248 e. The molecule has 0 saturated heterocycles. The van der Waals surface area contributed by atoms with E-state index in [1.165, 1.54) is 10.4 Å². The maximum atomic E-state index is 12.6. The minimum atomic E-state index is 0.0718. The summed E-state index contributed by atoms with van der Waals surface area (Å²) in [5.74, 6) is 1.11. The first-order chi connectivity index (χ1) is 11.3. The summed E-state index contributed by atoms with van der Waals surface area (Å²) < 4.78 is 5.18. The Hall–Kier alpha value is -2.14. The molecule has 2 heterocycles. The summed E-state index contributed by atoms with van der Waals surface area (Å²) in [6.07, 6.45) is 3.81. The van der Waals surface area contributed by atoms with Gasteiger partial charge < -0.3 is 4.74 Å². The molecule has 1 aliphatic carbocycles. The molecule has 1 aliphatic heterocycles. The van der Waals surface area contributed by atoms with E-state index in [1.54, 1.807) is 23.5 Å². The molecule has 0 spiro atoms. The molecule has 4 rings (SSSR count). The van der Waals surface area contributed by atoms with Crippen LogP contribution in [0, 0.1) is 5.92 Å². The number of hydrogen-bond donors (Lipinski definition) is 0. The Bertz CT molecular complexity index is 764. The van der Waals surface area contributed by atoms with Gasteiger partial charge in [0.1, 0.15) is 5.75 Å². The molecule has 118 valence electrons. The fourth-order valence-corrected chi connectivity index (χ4v) is 4.28. The van der Waals surface area contributed by atoms with Gasteiger partial charge >= 0.3 is 0 Å². The second kappa shape index (κ2) is 5.81. The SMILES string of the molecule is COc1ccc(N2N=C3c4ccsc4CCCC3CC2=O)cc1. The molecule has 0 N–H and O–H groups in total. The summed E-state index contributed by atoms with van der Waals surface area (Å²) in [4.78, 5) is 14.0. The zero-order chi connectivity index (χ0) is 15.8. The molecule has 5 heteroatoms. The number of carbonyl (C=O) groups is 1. The molecule has 4 nitrogen and oxygen atoms in total. The minimum Gasteiger partial charge on any atom is -0.497 e. The first-order valence-electron chi connectivity index (χ1n) is 7.88. The van der Waals surface area contributed by atoms with Gasteiger partial charge in [0.15, 0.2) is 0 Å². The molecule has 1 aromatic heterocycles. The van der Waals surface area contributed by atoms with Crippen LogP contribution in [0.5, 0.6) is 5.75 Å². The zero-order valence-corrected chi connectivity index (χ0v) is 13.8. The molecule has 0 radical (unpaired) electrons. The average Bonchev–Trinajstić information content (AvgIpc) is 2.97. The second-order valence-corrected chi connectivity index (χ2v) is 6.94. The molecule has 23 heavy (non-hydrogen) atoms. The van der Waals surface area contributed by atoms with Gasteiger partial charge in [-0.2, -0.15) is 5.10 Å². The second-order valence-electron chi connectivity index (χ2n) is 5.94. The van der Waals surface area contributed by atoms with Gasteiger partial charge in [0.2, 0.25) is 5.91 Å². The lowest BCUT2D eigenvalue weighted by atomic mass is 9.91. The number of nitrogens with zero attached hydrogens (tertiary/aromatic N) is 2. The predicted molar refractivity (Wildman–Crippen MR) is 92.4 cm³/mol. The van der Waals surface area contributed by atoms with E-state index in [0.717, 1.165) is 36.4 Å². The standard InChI is InChI=1S/C18H18N2O2S/c1-22-14-7-5-13(6-8-14)20-17(21)11-12-3-2-4-16-15(9-10-23-16)18(12)19-20/h5-10,12H,2-4,11H2,1H3. The minimum absolute atomic E-state index is 0.0718. The summed E-state index contributed by atoms with van der Waals surface area (Å²) in [5.41, 5.74) is 3.11. The number of thiophene rings is 1. The molecule has 2 aromatic rings. The highest BCUT2D eigenvalue weighted by molar-refractivity contribution is 7.10. The van der Waals surface area contributed by atoms with Gasteiger partial charge in [-0.1, -0.05) is 0 Å². The van der Waals surface area contributed by atoms with E-state index in [1.807, 2.05) is 24.3 Å². The number of benzene rings is 1. The number of hydrogen-bond acceptors (Lipinski definition) is 4. The quantitative estimate of drug-likeness (QED) is 0.841. The Morgan fingerprint density at radius 3 is 2.87 bits per heavy atom. The van der Waals surface area contributed by atoms with Crippen molar-refractivity contribution in [3.63, 3.8) is 0 Å². The van der Waals surface area contributed by atoms with Crippen LogP contribution < -0.4 is 9.75 Å². The van der Waals surface area contributed by atoms with E-state index in [2.05, 4.69) is 11.4 Å². The van der Waals surface area contributed by atoms with E-state index >= 15 is 0 Å². The van der Waals surface area contributed by atoms with E-state index in [0.29, 0.717) is 6.42 Å². The van der Waals surface area contributed by atoms with Crippen LogP contribution in [0.3, 0.4) is 0 Å². The molecular formula is C18H18N2O2S. The molecule has 1 amide bonds. The number of hydrazone groups is 1. The van der Waals surface area contributed by atoms with Gasteiger partial charge in [0.25, 0.3) is 0 Å². The van der Waals surface area contributed by atoms with Crippen LogP contribution in [0.15, 0.2) is 40.8 Å². The first kappa shape index (κ1) is 14.5. The van der Waals surface area contributed by atoms with Crippen LogP contribution in [0.25, 0.3) is 0 Å². The molecule has 2 aliphatic rings. The van der Waals surface area contributed by atoms with Crippen molar-refractivity contribution in [2.45, 2.75) is 25.7 Å². The van der Waals surface area contributed by atoms with E-state index in [4.69, 9.17) is 9.84 Å². The predicted octanol–water partition coefficient (Wildman–Crippen LogP) is 3.85. The van der Waals surface area contributed by atoms with Crippen LogP contribution in [0.1, 0.15) is 29.7 Å². The summed E-state index contributed by atoms with van der Waals surface area (Å²) in [5, 5.41) is 8.43. The monoisotopic (exact) mass is 326 g/mol. The third kappa shape index (κ3) is 2.55. The van der Waals surface area contributed by atoms with Gasteiger partial charge in [-0.25, -0.2) is 5.01 Å². The number of fused-ring (bicyclic) bond motifs is 3. The largest absolute Gasteiger partial charge is 0.497 e. The smallest absolute Gasteiger partial charge is 0.248 e. The summed E-state index contributed by atoms with van der Waals surface area (Å²) in [6, 6.07) is 9.63. The fourth-order valence-electron chi connectivity index (χ4n) is 3.35. The first-order valence-corrected chi connectivity index (χ1v) is 8.76. The van der Waals surface area contributed by atoms with E-state index in [9.17, 15) is 4.79 Å². The van der Waals surface area contributed by atoms with Gasteiger partial charge in [-0.05, 0) is 55.0 Å². The van der Waals surface area contributed by atoms with Gasteiger partial charge in [-0.15, -0.1) is 11.3 Å².